The first kappa shape index (κ1) is 23.4. The molecular formula is C24H28F3IO2. The summed E-state index contributed by atoms with van der Waals surface area (Å²) < 4.78 is 55.4. The van der Waals surface area contributed by atoms with Crippen molar-refractivity contribution in [2.75, 3.05) is 13.2 Å². The van der Waals surface area contributed by atoms with Crippen molar-refractivity contribution in [3.63, 3.8) is 0 Å². The van der Waals surface area contributed by atoms with E-state index in [1.54, 1.807) is 19.1 Å². The molecular weight excluding hydrogens is 504 g/mol. The average Bonchev–Trinajstić information content (AvgIpc) is 2.75. The van der Waals surface area contributed by atoms with Crippen LogP contribution in [0.3, 0.4) is 0 Å². The molecule has 0 unspecified atom stereocenters. The van der Waals surface area contributed by atoms with Crippen LogP contribution in [0.5, 0.6) is 5.75 Å². The molecule has 0 saturated heterocycles. The summed E-state index contributed by atoms with van der Waals surface area (Å²) in [5.74, 6) is -2.41. The molecule has 0 heterocycles. The van der Waals surface area contributed by atoms with Crippen LogP contribution < -0.4 is 4.74 Å². The van der Waals surface area contributed by atoms with Gasteiger partial charge in [-0.3, -0.25) is 0 Å². The minimum Gasteiger partial charge on any atom is -0.491 e. The fourth-order valence-corrected chi connectivity index (χ4v) is 4.81. The van der Waals surface area contributed by atoms with Crippen LogP contribution in [0, 0.1) is 21.0 Å². The van der Waals surface area contributed by atoms with Crippen molar-refractivity contribution in [2.45, 2.75) is 64.4 Å². The summed E-state index contributed by atoms with van der Waals surface area (Å²) >= 11 is 1.89. The van der Waals surface area contributed by atoms with Crippen LogP contribution in [-0.4, -0.2) is 19.3 Å². The first-order valence-electron chi connectivity index (χ1n) is 10.7. The highest BCUT2D eigenvalue weighted by molar-refractivity contribution is 14.1. The van der Waals surface area contributed by atoms with Crippen molar-refractivity contribution in [2.24, 2.45) is 0 Å². The monoisotopic (exact) mass is 532 g/mol. The summed E-state index contributed by atoms with van der Waals surface area (Å²) in [6.45, 7) is 4.87. The summed E-state index contributed by atoms with van der Waals surface area (Å²) in [6, 6.07) is 6.25. The van der Waals surface area contributed by atoms with Crippen molar-refractivity contribution >= 4 is 22.6 Å². The predicted molar refractivity (Wildman–Crippen MR) is 121 cm³/mol. The van der Waals surface area contributed by atoms with E-state index in [0.717, 1.165) is 45.1 Å². The van der Waals surface area contributed by atoms with Crippen molar-refractivity contribution in [3.05, 3.63) is 50.9 Å². The lowest BCUT2D eigenvalue weighted by atomic mass is 9.82. The molecule has 2 aromatic rings. The van der Waals surface area contributed by atoms with Gasteiger partial charge in [-0.2, -0.15) is 4.39 Å². The van der Waals surface area contributed by atoms with E-state index in [2.05, 4.69) is 6.92 Å². The van der Waals surface area contributed by atoms with Gasteiger partial charge in [-0.1, -0.05) is 25.5 Å². The van der Waals surface area contributed by atoms with Gasteiger partial charge in [0.25, 0.3) is 0 Å². The van der Waals surface area contributed by atoms with Crippen molar-refractivity contribution in [3.8, 4) is 16.9 Å². The lowest BCUT2D eigenvalue weighted by Crippen LogP contribution is -2.22. The molecule has 1 aliphatic carbocycles. The molecule has 2 aromatic carbocycles. The van der Waals surface area contributed by atoms with Crippen LogP contribution in [0.2, 0.25) is 0 Å². The largest absolute Gasteiger partial charge is 0.491 e. The molecule has 6 heteroatoms. The van der Waals surface area contributed by atoms with Crippen LogP contribution >= 0.6 is 22.6 Å². The number of benzene rings is 2. The molecule has 0 spiro atoms. The van der Waals surface area contributed by atoms with Crippen LogP contribution in [0.15, 0.2) is 24.3 Å². The molecule has 164 valence electrons. The Labute approximate surface area is 190 Å². The Morgan fingerprint density at radius 2 is 1.60 bits per heavy atom. The highest BCUT2D eigenvalue weighted by Gasteiger charge is 2.27. The van der Waals surface area contributed by atoms with E-state index in [0.29, 0.717) is 14.7 Å². The summed E-state index contributed by atoms with van der Waals surface area (Å²) in [5, 5.41) is 0. The van der Waals surface area contributed by atoms with Gasteiger partial charge >= 0.3 is 0 Å². The van der Waals surface area contributed by atoms with Crippen molar-refractivity contribution < 1.29 is 22.6 Å². The highest BCUT2D eigenvalue weighted by Crippen LogP contribution is 2.40. The molecule has 0 aromatic heterocycles. The molecule has 0 N–H and O–H groups in total. The second-order valence-electron chi connectivity index (χ2n) is 7.70. The standard InChI is InChI=1S/C24H28F3IO2/c1-3-5-14-30-16-8-6-15(7-9-16)17-10-11-19(24(28)22(17)26)18-12-13-20(29-4-2)23(27)21(18)25/h10-13,15-16H,3-9,14H2,1-2H3. The lowest BCUT2D eigenvalue weighted by Gasteiger charge is -2.29. The van der Waals surface area contributed by atoms with Gasteiger partial charge in [0.2, 0.25) is 5.82 Å². The maximum atomic E-state index is 15.2. The fourth-order valence-electron chi connectivity index (χ4n) is 4.03. The van der Waals surface area contributed by atoms with Gasteiger partial charge in [-0.15, -0.1) is 0 Å². The molecule has 1 aliphatic rings. The molecule has 30 heavy (non-hydrogen) atoms. The van der Waals surface area contributed by atoms with E-state index in [1.165, 1.54) is 12.1 Å². The summed E-state index contributed by atoms with van der Waals surface area (Å²) in [4.78, 5) is 0. The first-order valence-corrected chi connectivity index (χ1v) is 11.8. The summed E-state index contributed by atoms with van der Waals surface area (Å²) in [7, 11) is 0. The zero-order chi connectivity index (χ0) is 21.7. The summed E-state index contributed by atoms with van der Waals surface area (Å²) in [6.07, 6.45) is 6.02. The van der Waals surface area contributed by atoms with Crippen LogP contribution in [0.1, 0.15) is 63.9 Å². The van der Waals surface area contributed by atoms with Crippen molar-refractivity contribution in [1.82, 2.24) is 0 Å². The molecule has 0 bridgehead atoms. The van der Waals surface area contributed by atoms with Gasteiger partial charge in [0.15, 0.2) is 11.6 Å². The Kier molecular flexibility index (Phi) is 8.45. The third-order valence-electron chi connectivity index (χ3n) is 5.71. The van der Waals surface area contributed by atoms with E-state index in [9.17, 15) is 8.78 Å². The normalized spacial score (nSPS) is 19.1. The molecule has 1 saturated carbocycles. The highest BCUT2D eigenvalue weighted by atomic mass is 127. The minimum absolute atomic E-state index is 0.0406. The molecule has 0 amide bonds. The number of ether oxygens (including phenoxy) is 2. The van der Waals surface area contributed by atoms with Gasteiger partial charge in [-0.05, 0) is 85.2 Å². The third-order valence-corrected chi connectivity index (χ3v) is 6.77. The van der Waals surface area contributed by atoms with E-state index < -0.39 is 11.6 Å². The zero-order valence-electron chi connectivity index (χ0n) is 17.4. The molecule has 0 aliphatic heterocycles. The Bertz CT molecular complexity index is 864. The quantitative estimate of drug-likeness (QED) is 0.257. The smallest absolute Gasteiger partial charge is 0.201 e. The minimum atomic E-state index is -1.05. The Hall–Kier alpha value is -1.28. The summed E-state index contributed by atoms with van der Waals surface area (Å²) in [5.41, 5.74) is 1.05. The second kappa shape index (κ2) is 10.8. The SMILES string of the molecule is CCCCOC1CCC(c2ccc(-c3ccc(OCC)c(F)c3F)c(I)c2F)CC1. The number of halogens is 4. The Balaban J connectivity index is 1.78. The Morgan fingerprint density at radius 1 is 0.900 bits per heavy atom. The van der Waals surface area contributed by atoms with Gasteiger partial charge in [-0.25, -0.2) is 8.78 Å². The maximum Gasteiger partial charge on any atom is 0.201 e. The average molecular weight is 532 g/mol. The van der Waals surface area contributed by atoms with Gasteiger partial charge in [0, 0.05) is 17.7 Å². The van der Waals surface area contributed by atoms with Gasteiger partial charge in [0.05, 0.1) is 16.3 Å². The van der Waals surface area contributed by atoms with E-state index >= 15 is 4.39 Å². The lowest BCUT2D eigenvalue weighted by molar-refractivity contribution is 0.0230. The van der Waals surface area contributed by atoms with Gasteiger partial charge < -0.3 is 9.47 Å². The fraction of sp³-hybridized carbons (Fsp3) is 0.500. The molecule has 3 rings (SSSR count). The molecule has 0 radical (unpaired) electrons. The van der Waals surface area contributed by atoms with E-state index in [4.69, 9.17) is 9.47 Å². The predicted octanol–water partition coefficient (Wildman–Crippen LogP) is 7.62. The van der Waals surface area contributed by atoms with Crippen LogP contribution in [0.4, 0.5) is 13.2 Å². The van der Waals surface area contributed by atoms with Gasteiger partial charge in [0.1, 0.15) is 5.82 Å². The topological polar surface area (TPSA) is 18.5 Å². The number of rotatable bonds is 8. The molecule has 2 nitrogen and oxygen atoms in total. The molecule has 1 fully saturated rings. The van der Waals surface area contributed by atoms with E-state index in [-0.39, 0.29) is 35.8 Å². The number of hydrogen-bond donors (Lipinski definition) is 0. The maximum absolute atomic E-state index is 15.2. The number of unbranched alkanes of at least 4 members (excludes halogenated alkanes) is 1. The number of hydrogen-bond acceptors (Lipinski definition) is 2. The Morgan fingerprint density at radius 3 is 2.27 bits per heavy atom. The van der Waals surface area contributed by atoms with Crippen LogP contribution in [0.25, 0.3) is 11.1 Å². The van der Waals surface area contributed by atoms with Crippen molar-refractivity contribution in [1.29, 1.82) is 0 Å². The zero-order valence-corrected chi connectivity index (χ0v) is 19.6. The third kappa shape index (κ3) is 5.13. The molecule has 0 atom stereocenters. The van der Waals surface area contributed by atoms with Crippen LogP contribution in [-0.2, 0) is 4.74 Å². The first-order chi connectivity index (χ1) is 14.5. The van der Waals surface area contributed by atoms with E-state index in [1.807, 2.05) is 22.6 Å². The second-order valence-corrected chi connectivity index (χ2v) is 8.78.